The van der Waals surface area contributed by atoms with Crippen LogP contribution in [0.3, 0.4) is 0 Å². The van der Waals surface area contributed by atoms with Gasteiger partial charge in [-0.3, -0.25) is 4.68 Å². The van der Waals surface area contributed by atoms with Gasteiger partial charge < -0.3 is 5.73 Å². The first kappa shape index (κ1) is 13.1. The minimum atomic E-state index is -3.56. The van der Waals surface area contributed by atoms with Crippen LogP contribution in [0.25, 0.3) is 0 Å². The second-order valence-electron chi connectivity index (χ2n) is 4.02. The van der Waals surface area contributed by atoms with E-state index in [-0.39, 0.29) is 11.6 Å². The number of hydrogen-bond donors (Lipinski definition) is 2. The average molecular weight is 246 g/mol. The van der Waals surface area contributed by atoms with Gasteiger partial charge in [0.05, 0.1) is 6.20 Å². The number of aromatic nitrogens is 2. The Bertz CT molecular complexity index is 448. The molecule has 0 saturated carbocycles. The normalized spacial score (nSPS) is 16.0. The Morgan fingerprint density at radius 3 is 2.62 bits per heavy atom. The molecule has 0 aromatic carbocycles. The highest BCUT2D eigenvalue weighted by atomic mass is 32.2. The Balaban J connectivity index is 3.02. The van der Waals surface area contributed by atoms with Crippen LogP contribution in [0, 0.1) is 0 Å². The van der Waals surface area contributed by atoms with Gasteiger partial charge in [0, 0.05) is 19.1 Å². The van der Waals surface area contributed by atoms with Crippen molar-refractivity contribution >= 4 is 10.0 Å². The molecule has 3 N–H and O–H groups in total. The topological polar surface area (TPSA) is 90.0 Å². The summed E-state index contributed by atoms with van der Waals surface area (Å²) in [4.78, 5) is 0. The number of nitrogens with zero attached hydrogens (tertiary/aromatic N) is 2. The minimum absolute atomic E-state index is 0.139. The van der Waals surface area contributed by atoms with Crippen molar-refractivity contribution in [2.24, 2.45) is 12.8 Å². The van der Waals surface area contributed by atoms with Gasteiger partial charge in [-0.15, -0.1) is 0 Å². The maximum absolute atomic E-state index is 12.0. The van der Waals surface area contributed by atoms with Gasteiger partial charge in [0.15, 0.2) is 5.03 Å². The summed E-state index contributed by atoms with van der Waals surface area (Å²) in [7, 11) is -1.98. The molecule has 1 rings (SSSR count). The maximum Gasteiger partial charge on any atom is 0.258 e. The summed E-state index contributed by atoms with van der Waals surface area (Å²) in [5, 5.41) is 3.97. The van der Waals surface area contributed by atoms with Gasteiger partial charge in [-0.25, -0.2) is 13.1 Å². The van der Waals surface area contributed by atoms with Gasteiger partial charge in [-0.05, 0) is 19.4 Å². The van der Waals surface area contributed by atoms with Crippen LogP contribution in [0.5, 0.6) is 0 Å². The summed E-state index contributed by atoms with van der Waals surface area (Å²) in [5.74, 6) is 0. The van der Waals surface area contributed by atoms with Crippen LogP contribution >= 0.6 is 0 Å². The molecule has 1 heterocycles. The van der Waals surface area contributed by atoms with Crippen LogP contribution in [0.2, 0.25) is 0 Å². The van der Waals surface area contributed by atoms with E-state index >= 15 is 0 Å². The molecule has 1 aromatic rings. The van der Waals surface area contributed by atoms with Crippen molar-refractivity contribution in [2.45, 2.75) is 30.8 Å². The summed E-state index contributed by atoms with van der Waals surface area (Å²) < 4.78 is 28.0. The zero-order valence-electron chi connectivity index (χ0n) is 9.77. The van der Waals surface area contributed by atoms with Crippen molar-refractivity contribution in [1.29, 1.82) is 0 Å². The first-order valence-corrected chi connectivity index (χ1v) is 6.55. The van der Waals surface area contributed by atoms with Crippen molar-refractivity contribution in [3.8, 4) is 0 Å². The minimum Gasteiger partial charge on any atom is -0.329 e. The quantitative estimate of drug-likeness (QED) is 0.754. The maximum atomic E-state index is 12.0. The lowest BCUT2D eigenvalue weighted by Gasteiger charge is -2.27. The van der Waals surface area contributed by atoms with Crippen molar-refractivity contribution in [3.05, 3.63) is 12.3 Å². The van der Waals surface area contributed by atoms with E-state index < -0.39 is 15.6 Å². The molecular weight excluding hydrogens is 228 g/mol. The van der Waals surface area contributed by atoms with E-state index in [1.165, 1.54) is 16.9 Å². The van der Waals surface area contributed by atoms with Gasteiger partial charge in [0.25, 0.3) is 10.0 Å². The Labute approximate surface area is 95.9 Å². The lowest BCUT2D eigenvalue weighted by atomic mass is 10.0. The molecule has 16 heavy (non-hydrogen) atoms. The van der Waals surface area contributed by atoms with Crippen molar-refractivity contribution in [2.75, 3.05) is 6.54 Å². The third-order valence-electron chi connectivity index (χ3n) is 2.66. The summed E-state index contributed by atoms with van der Waals surface area (Å²) in [5.41, 5.74) is 4.94. The van der Waals surface area contributed by atoms with Gasteiger partial charge in [0.2, 0.25) is 0 Å². The molecule has 0 radical (unpaired) electrons. The molecule has 0 fully saturated rings. The summed E-state index contributed by atoms with van der Waals surface area (Å²) in [6.07, 6.45) is 2.07. The second kappa shape index (κ2) is 4.52. The molecule has 0 spiro atoms. The molecule has 7 heteroatoms. The fourth-order valence-corrected chi connectivity index (χ4v) is 2.88. The second-order valence-corrected chi connectivity index (χ2v) is 5.65. The number of sulfonamides is 1. The third kappa shape index (κ3) is 2.60. The fraction of sp³-hybridized carbons (Fsp3) is 0.667. The molecule has 0 saturated heterocycles. The largest absolute Gasteiger partial charge is 0.329 e. The predicted octanol–water partition coefficient (Wildman–Crippen LogP) is -0.174. The van der Waals surface area contributed by atoms with Gasteiger partial charge >= 0.3 is 0 Å². The van der Waals surface area contributed by atoms with E-state index in [2.05, 4.69) is 9.82 Å². The first-order chi connectivity index (χ1) is 7.34. The predicted molar refractivity (Wildman–Crippen MR) is 61.3 cm³/mol. The Morgan fingerprint density at radius 1 is 1.62 bits per heavy atom. The monoisotopic (exact) mass is 246 g/mol. The average Bonchev–Trinajstić information content (AvgIpc) is 2.64. The Morgan fingerprint density at radius 2 is 2.25 bits per heavy atom. The van der Waals surface area contributed by atoms with Crippen LogP contribution < -0.4 is 10.5 Å². The van der Waals surface area contributed by atoms with E-state index in [1.807, 2.05) is 6.92 Å². The third-order valence-corrected chi connectivity index (χ3v) is 4.38. The molecule has 0 amide bonds. The Kier molecular flexibility index (Phi) is 3.72. The van der Waals surface area contributed by atoms with E-state index in [9.17, 15) is 8.42 Å². The lowest BCUT2D eigenvalue weighted by molar-refractivity contribution is 0.409. The number of aryl methyl sites for hydroxylation is 1. The van der Waals surface area contributed by atoms with Gasteiger partial charge in [-0.1, -0.05) is 6.92 Å². The zero-order valence-corrected chi connectivity index (χ0v) is 10.6. The molecule has 0 aliphatic heterocycles. The molecule has 92 valence electrons. The van der Waals surface area contributed by atoms with E-state index in [4.69, 9.17) is 5.73 Å². The van der Waals surface area contributed by atoms with E-state index in [0.29, 0.717) is 6.42 Å². The highest BCUT2D eigenvalue weighted by molar-refractivity contribution is 7.89. The van der Waals surface area contributed by atoms with Crippen LogP contribution in [-0.4, -0.2) is 30.3 Å². The Hall–Kier alpha value is -0.920. The van der Waals surface area contributed by atoms with E-state index in [0.717, 1.165) is 0 Å². The molecule has 1 aromatic heterocycles. The van der Waals surface area contributed by atoms with Gasteiger partial charge in [-0.2, -0.15) is 5.10 Å². The molecule has 1 unspecified atom stereocenters. The molecule has 0 bridgehead atoms. The highest BCUT2D eigenvalue weighted by Gasteiger charge is 2.29. The van der Waals surface area contributed by atoms with Crippen LogP contribution in [-0.2, 0) is 17.1 Å². The van der Waals surface area contributed by atoms with Crippen LogP contribution in [0.4, 0.5) is 0 Å². The van der Waals surface area contributed by atoms with Crippen molar-refractivity contribution < 1.29 is 8.42 Å². The number of nitrogens with two attached hydrogens (primary N) is 1. The molecular formula is C9H18N4O2S. The number of hydrogen-bond acceptors (Lipinski definition) is 4. The summed E-state index contributed by atoms with van der Waals surface area (Å²) in [6.45, 7) is 3.92. The van der Waals surface area contributed by atoms with Crippen molar-refractivity contribution in [3.63, 3.8) is 0 Å². The van der Waals surface area contributed by atoms with Gasteiger partial charge in [0.1, 0.15) is 0 Å². The van der Waals surface area contributed by atoms with Crippen molar-refractivity contribution in [1.82, 2.24) is 14.5 Å². The zero-order chi connectivity index (χ0) is 12.4. The van der Waals surface area contributed by atoms with Crippen LogP contribution in [0.1, 0.15) is 20.3 Å². The number of nitrogens with one attached hydrogen (secondary N) is 1. The number of rotatable bonds is 5. The summed E-state index contributed by atoms with van der Waals surface area (Å²) >= 11 is 0. The molecule has 0 aliphatic rings. The molecule has 0 aliphatic carbocycles. The standard InChI is InChI=1S/C9H18N4O2S/c1-4-9(2,7-10)12-16(14,15)8-5-6-11-13(8)3/h5-6,12H,4,7,10H2,1-3H3. The fourth-order valence-electron chi connectivity index (χ4n) is 1.26. The smallest absolute Gasteiger partial charge is 0.258 e. The lowest BCUT2D eigenvalue weighted by Crippen LogP contribution is -2.51. The molecule has 1 atom stereocenters. The SMILES string of the molecule is CCC(C)(CN)NS(=O)(=O)c1ccnn1C. The molecule has 6 nitrogen and oxygen atoms in total. The first-order valence-electron chi connectivity index (χ1n) is 5.07. The summed E-state index contributed by atoms with van der Waals surface area (Å²) in [6, 6.07) is 1.45. The highest BCUT2D eigenvalue weighted by Crippen LogP contribution is 2.14. The van der Waals surface area contributed by atoms with Crippen LogP contribution in [0.15, 0.2) is 17.3 Å². The van der Waals surface area contributed by atoms with E-state index in [1.54, 1.807) is 14.0 Å².